The Labute approximate surface area is 152 Å². The van der Waals surface area contributed by atoms with Crippen LogP contribution in [0.15, 0.2) is 0 Å². The summed E-state index contributed by atoms with van der Waals surface area (Å²) in [4.78, 5) is 45.8. The molecule has 1 saturated heterocycles. The van der Waals surface area contributed by atoms with E-state index in [9.17, 15) is 19.2 Å². The molecule has 0 aromatic carbocycles. The Hall–Kier alpha value is -2.16. The quantitative estimate of drug-likeness (QED) is 0.491. The highest BCUT2D eigenvalue weighted by Gasteiger charge is 2.52. The highest BCUT2D eigenvalue weighted by atomic mass is 16.7. The maximum absolute atomic E-state index is 11.6. The number of carbonyl (C=O) groups excluding carboxylic acids is 4. The molecule has 148 valence electrons. The van der Waals surface area contributed by atoms with Gasteiger partial charge in [-0.25, -0.2) is 0 Å². The minimum atomic E-state index is -1.10. The van der Waals surface area contributed by atoms with E-state index in [1.165, 1.54) is 27.7 Å². The molecule has 0 saturated carbocycles. The number of ether oxygens (including phenoxy) is 5. The zero-order chi connectivity index (χ0) is 20.0. The second-order valence-corrected chi connectivity index (χ2v) is 6.41. The fourth-order valence-corrected chi connectivity index (χ4v) is 2.80. The lowest BCUT2D eigenvalue weighted by atomic mass is 9.89. The summed E-state index contributed by atoms with van der Waals surface area (Å²) in [5.41, 5.74) is 0. The molecule has 1 aliphatic heterocycles. The van der Waals surface area contributed by atoms with Gasteiger partial charge in [-0.1, -0.05) is 13.8 Å². The van der Waals surface area contributed by atoms with Crippen molar-refractivity contribution in [1.82, 2.24) is 0 Å². The fraction of sp³-hybridized carbons (Fsp3) is 0.765. The normalized spacial score (nSPS) is 28.2. The van der Waals surface area contributed by atoms with E-state index in [-0.39, 0.29) is 12.5 Å². The molecular formula is C17H26O9. The van der Waals surface area contributed by atoms with Crippen molar-refractivity contribution < 1.29 is 42.9 Å². The highest BCUT2D eigenvalue weighted by Crippen LogP contribution is 2.32. The van der Waals surface area contributed by atoms with E-state index in [0.29, 0.717) is 0 Å². The van der Waals surface area contributed by atoms with Gasteiger partial charge in [0, 0.05) is 27.7 Å². The molecule has 0 amide bonds. The summed E-state index contributed by atoms with van der Waals surface area (Å²) in [5.74, 6) is -2.55. The SMILES string of the molecule is CC(=O)OC[C@H]1OC(C(C)C)[C@H](OC(C)=O)[C@@H](OC(C)=O)C1OC(C)=O. The van der Waals surface area contributed by atoms with Crippen LogP contribution in [-0.4, -0.2) is 61.0 Å². The average Bonchev–Trinajstić information content (AvgIpc) is 2.47. The van der Waals surface area contributed by atoms with Crippen molar-refractivity contribution >= 4 is 23.9 Å². The van der Waals surface area contributed by atoms with Crippen molar-refractivity contribution in [2.24, 2.45) is 5.92 Å². The topological polar surface area (TPSA) is 114 Å². The molecule has 1 rings (SSSR count). The Bertz CT molecular complexity index is 542. The molecule has 1 heterocycles. The summed E-state index contributed by atoms with van der Waals surface area (Å²) in [6.45, 7) is 8.28. The zero-order valence-corrected chi connectivity index (χ0v) is 15.8. The fourth-order valence-electron chi connectivity index (χ4n) is 2.80. The second kappa shape index (κ2) is 9.51. The van der Waals surface area contributed by atoms with Gasteiger partial charge in [0.2, 0.25) is 0 Å². The Morgan fingerprint density at radius 1 is 0.769 bits per heavy atom. The van der Waals surface area contributed by atoms with Crippen molar-refractivity contribution in [3.8, 4) is 0 Å². The molecule has 1 aliphatic rings. The van der Waals surface area contributed by atoms with E-state index in [1.807, 2.05) is 13.8 Å². The van der Waals surface area contributed by atoms with Gasteiger partial charge in [-0.2, -0.15) is 0 Å². The molecule has 0 aromatic rings. The molecule has 2 unspecified atom stereocenters. The van der Waals surface area contributed by atoms with Crippen LogP contribution in [0.5, 0.6) is 0 Å². The monoisotopic (exact) mass is 374 g/mol. The van der Waals surface area contributed by atoms with Crippen molar-refractivity contribution in [2.45, 2.75) is 72.1 Å². The van der Waals surface area contributed by atoms with Gasteiger partial charge in [0.25, 0.3) is 0 Å². The molecule has 0 aromatic heterocycles. The molecule has 26 heavy (non-hydrogen) atoms. The summed E-state index contributed by atoms with van der Waals surface area (Å²) < 4.78 is 26.8. The van der Waals surface area contributed by atoms with Crippen molar-refractivity contribution in [3.63, 3.8) is 0 Å². The summed E-state index contributed by atoms with van der Waals surface area (Å²) in [7, 11) is 0. The average molecular weight is 374 g/mol. The molecule has 0 spiro atoms. The van der Waals surface area contributed by atoms with E-state index < -0.39 is 54.4 Å². The smallest absolute Gasteiger partial charge is 0.303 e. The van der Waals surface area contributed by atoms with E-state index >= 15 is 0 Å². The summed E-state index contributed by atoms with van der Waals surface area (Å²) >= 11 is 0. The minimum absolute atomic E-state index is 0.129. The number of hydrogen-bond acceptors (Lipinski definition) is 9. The van der Waals surface area contributed by atoms with Gasteiger partial charge < -0.3 is 23.7 Å². The lowest BCUT2D eigenvalue weighted by Crippen LogP contribution is -2.63. The van der Waals surface area contributed by atoms with Crippen LogP contribution in [0.2, 0.25) is 0 Å². The Morgan fingerprint density at radius 2 is 1.23 bits per heavy atom. The predicted octanol–water partition coefficient (Wildman–Crippen LogP) is 0.768. The van der Waals surface area contributed by atoms with Gasteiger partial charge in [-0.15, -0.1) is 0 Å². The van der Waals surface area contributed by atoms with Crippen LogP contribution in [-0.2, 0) is 42.9 Å². The van der Waals surface area contributed by atoms with Gasteiger partial charge >= 0.3 is 23.9 Å². The van der Waals surface area contributed by atoms with Crippen molar-refractivity contribution in [1.29, 1.82) is 0 Å². The molecule has 5 atom stereocenters. The Morgan fingerprint density at radius 3 is 1.65 bits per heavy atom. The molecule has 0 aliphatic carbocycles. The maximum atomic E-state index is 11.6. The minimum Gasteiger partial charge on any atom is -0.463 e. The summed E-state index contributed by atoms with van der Waals surface area (Å²) in [6.07, 6.45) is -4.71. The van der Waals surface area contributed by atoms with Gasteiger partial charge in [0.15, 0.2) is 18.3 Å². The third kappa shape index (κ3) is 6.29. The first kappa shape index (κ1) is 21.9. The number of hydrogen-bond donors (Lipinski definition) is 0. The van der Waals surface area contributed by atoms with E-state index in [0.717, 1.165) is 0 Å². The molecule has 0 radical (unpaired) electrons. The number of rotatable bonds is 6. The van der Waals surface area contributed by atoms with Crippen LogP contribution in [0.25, 0.3) is 0 Å². The first-order chi connectivity index (χ1) is 12.0. The van der Waals surface area contributed by atoms with Gasteiger partial charge in [-0.05, 0) is 5.92 Å². The van der Waals surface area contributed by atoms with E-state index in [2.05, 4.69) is 0 Å². The van der Waals surface area contributed by atoms with Crippen LogP contribution < -0.4 is 0 Å². The zero-order valence-electron chi connectivity index (χ0n) is 15.8. The second-order valence-electron chi connectivity index (χ2n) is 6.41. The van der Waals surface area contributed by atoms with Crippen LogP contribution >= 0.6 is 0 Å². The maximum Gasteiger partial charge on any atom is 0.303 e. The standard InChI is InChI=1S/C17H26O9/c1-8(2)14-16(24-11(5)20)17(25-12(6)21)15(23-10(4)19)13(26-14)7-22-9(3)18/h8,13-17H,7H2,1-6H3/t13-,14?,15?,16+,17+/m1/s1. The first-order valence-electron chi connectivity index (χ1n) is 8.33. The largest absolute Gasteiger partial charge is 0.463 e. The van der Waals surface area contributed by atoms with Gasteiger partial charge in [-0.3, -0.25) is 19.2 Å². The molecule has 0 N–H and O–H groups in total. The highest BCUT2D eigenvalue weighted by molar-refractivity contribution is 5.68. The van der Waals surface area contributed by atoms with Crippen LogP contribution in [0, 0.1) is 5.92 Å². The van der Waals surface area contributed by atoms with E-state index in [4.69, 9.17) is 23.7 Å². The van der Waals surface area contributed by atoms with Gasteiger partial charge in [0.1, 0.15) is 18.8 Å². The van der Waals surface area contributed by atoms with Crippen molar-refractivity contribution in [2.75, 3.05) is 6.61 Å². The molecule has 1 fully saturated rings. The third-order valence-electron chi connectivity index (χ3n) is 3.68. The van der Waals surface area contributed by atoms with Crippen LogP contribution in [0.4, 0.5) is 0 Å². The lowest BCUT2D eigenvalue weighted by Gasteiger charge is -2.45. The van der Waals surface area contributed by atoms with E-state index in [1.54, 1.807) is 0 Å². The predicted molar refractivity (Wildman–Crippen MR) is 86.8 cm³/mol. The number of esters is 4. The molecule has 9 nitrogen and oxygen atoms in total. The van der Waals surface area contributed by atoms with Crippen molar-refractivity contribution in [3.05, 3.63) is 0 Å². The Kier molecular flexibility index (Phi) is 8.01. The number of carbonyl (C=O) groups is 4. The molecular weight excluding hydrogens is 348 g/mol. The van der Waals surface area contributed by atoms with Crippen LogP contribution in [0.3, 0.4) is 0 Å². The van der Waals surface area contributed by atoms with Gasteiger partial charge in [0.05, 0.1) is 0 Å². The third-order valence-corrected chi connectivity index (χ3v) is 3.68. The summed E-state index contributed by atoms with van der Waals surface area (Å²) in [6, 6.07) is 0. The first-order valence-corrected chi connectivity index (χ1v) is 8.33. The lowest BCUT2D eigenvalue weighted by molar-refractivity contribution is -0.258. The molecule has 0 bridgehead atoms. The molecule has 9 heteroatoms. The Balaban J connectivity index is 3.27. The summed E-state index contributed by atoms with van der Waals surface area (Å²) in [5, 5.41) is 0. The van der Waals surface area contributed by atoms with Crippen LogP contribution in [0.1, 0.15) is 41.5 Å².